The normalized spacial score (nSPS) is 10.0. The smallest absolute Gasteiger partial charge is 0.173 e. The molecule has 82 valence electrons. The van der Waals surface area contributed by atoms with Crippen LogP contribution in [0.2, 0.25) is 0 Å². The summed E-state index contributed by atoms with van der Waals surface area (Å²) >= 11 is 8.65. The molecule has 0 bridgehead atoms. The average Bonchev–Trinajstić information content (AvgIpc) is 2.29. The van der Waals surface area contributed by atoms with Crippen molar-refractivity contribution in [1.82, 2.24) is 0 Å². The van der Waals surface area contributed by atoms with Crippen LogP contribution in [0.4, 0.5) is 0 Å². The van der Waals surface area contributed by atoms with Gasteiger partial charge >= 0.3 is 0 Å². The molecular weight excluding hydrogens is 279 g/mol. The van der Waals surface area contributed by atoms with Crippen LogP contribution >= 0.6 is 27.5 Å². The van der Waals surface area contributed by atoms with Gasteiger partial charge in [0.15, 0.2) is 5.78 Å². The lowest BCUT2D eigenvalue weighted by Crippen LogP contribution is -2.01. The van der Waals surface area contributed by atoms with Crippen molar-refractivity contribution in [3.05, 3.63) is 29.8 Å². The van der Waals surface area contributed by atoms with Gasteiger partial charge in [0.05, 0.1) is 11.9 Å². The van der Waals surface area contributed by atoms with Crippen molar-refractivity contribution in [2.45, 2.75) is 6.42 Å². The molecule has 0 saturated carbocycles. The Morgan fingerprint density at radius 3 is 2.53 bits per heavy atom. The van der Waals surface area contributed by atoms with Gasteiger partial charge in [-0.3, -0.25) is 4.79 Å². The van der Waals surface area contributed by atoms with E-state index in [1.807, 2.05) is 0 Å². The van der Waals surface area contributed by atoms with E-state index in [1.54, 1.807) is 24.3 Å². The van der Waals surface area contributed by atoms with Gasteiger partial charge in [-0.1, -0.05) is 15.9 Å². The van der Waals surface area contributed by atoms with Crippen molar-refractivity contribution in [3.8, 4) is 5.75 Å². The predicted octanol–water partition coefficient (Wildman–Crippen LogP) is 3.27. The van der Waals surface area contributed by atoms with Gasteiger partial charge in [0, 0.05) is 11.4 Å². The fraction of sp³-hybridized carbons (Fsp3) is 0.364. The molecule has 1 rings (SSSR count). The maximum absolute atomic E-state index is 11.3. The van der Waals surface area contributed by atoms with Crippen molar-refractivity contribution >= 4 is 33.3 Å². The monoisotopic (exact) mass is 290 g/mol. The molecule has 1 aromatic rings. The highest BCUT2D eigenvalue weighted by molar-refractivity contribution is 9.09. The van der Waals surface area contributed by atoms with E-state index in [0.29, 0.717) is 23.4 Å². The van der Waals surface area contributed by atoms with Crippen LogP contribution in [0.3, 0.4) is 0 Å². The number of alkyl halides is 2. The fourth-order valence-electron chi connectivity index (χ4n) is 1.06. The van der Waals surface area contributed by atoms with Gasteiger partial charge in [-0.05, 0) is 30.7 Å². The van der Waals surface area contributed by atoms with E-state index in [0.717, 1.165) is 12.2 Å². The Bertz CT molecular complexity index is 311. The summed E-state index contributed by atoms with van der Waals surface area (Å²) in [6.07, 6.45) is 0.823. The van der Waals surface area contributed by atoms with Crippen LogP contribution in [0.1, 0.15) is 16.8 Å². The van der Waals surface area contributed by atoms with E-state index in [9.17, 15) is 4.79 Å². The molecule has 0 spiro atoms. The van der Waals surface area contributed by atoms with E-state index < -0.39 is 0 Å². The first-order valence-corrected chi connectivity index (χ1v) is 6.31. The topological polar surface area (TPSA) is 26.3 Å². The van der Waals surface area contributed by atoms with Gasteiger partial charge in [0.1, 0.15) is 5.75 Å². The van der Waals surface area contributed by atoms with Crippen molar-refractivity contribution in [2.75, 3.05) is 17.8 Å². The summed E-state index contributed by atoms with van der Waals surface area (Å²) in [5, 5.41) is 0.347. The molecular formula is C11H12BrClO2. The Hall–Kier alpha value is -0.540. The number of hydrogen-bond donors (Lipinski definition) is 0. The summed E-state index contributed by atoms with van der Waals surface area (Å²) < 4.78 is 5.41. The highest BCUT2D eigenvalue weighted by atomic mass is 79.9. The predicted molar refractivity (Wildman–Crippen MR) is 65.4 cm³/mol. The highest BCUT2D eigenvalue weighted by Gasteiger charge is 2.03. The van der Waals surface area contributed by atoms with Crippen LogP contribution in [-0.4, -0.2) is 23.6 Å². The summed E-state index contributed by atoms with van der Waals surface area (Å²) in [6.45, 7) is 0.606. The molecule has 0 saturated heterocycles. The number of hydrogen-bond acceptors (Lipinski definition) is 2. The minimum absolute atomic E-state index is 0.0716. The number of ether oxygens (including phenoxy) is 1. The van der Waals surface area contributed by atoms with Gasteiger partial charge in [-0.2, -0.15) is 0 Å². The molecule has 1 aromatic carbocycles. The molecule has 0 amide bonds. The van der Waals surface area contributed by atoms with E-state index in [2.05, 4.69) is 15.9 Å². The minimum Gasteiger partial charge on any atom is -0.494 e. The van der Waals surface area contributed by atoms with E-state index >= 15 is 0 Å². The van der Waals surface area contributed by atoms with E-state index in [4.69, 9.17) is 16.3 Å². The summed E-state index contributed by atoms with van der Waals surface area (Å²) in [4.78, 5) is 11.3. The van der Waals surface area contributed by atoms with Crippen molar-refractivity contribution in [2.24, 2.45) is 0 Å². The molecule has 0 aliphatic carbocycles. The summed E-state index contributed by atoms with van der Waals surface area (Å²) in [6, 6.07) is 7.12. The first kappa shape index (κ1) is 12.5. The number of Topliss-reactive ketones (excluding diaryl/α,β-unsaturated/α-hetero) is 1. The third kappa shape index (κ3) is 4.22. The van der Waals surface area contributed by atoms with Crippen LogP contribution < -0.4 is 4.74 Å². The van der Waals surface area contributed by atoms with Gasteiger partial charge in [0.25, 0.3) is 0 Å². The summed E-state index contributed by atoms with van der Waals surface area (Å²) in [7, 11) is 0. The zero-order valence-electron chi connectivity index (χ0n) is 8.21. The van der Waals surface area contributed by atoms with Crippen LogP contribution in [0.25, 0.3) is 0 Å². The number of rotatable bonds is 6. The van der Waals surface area contributed by atoms with E-state index in [1.165, 1.54) is 0 Å². The zero-order chi connectivity index (χ0) is 11.1. The third-order valence-corrected chi connectivity index (χ3v) is 2.62. The minimum atomic E-state index is 0.0716. The second kappa shape index (κ2) is 6.85. The molecule has 4 heteroatoms. The molecule has 0 aromatic heterocycles. The number of benzene rings is 1. The molecule has 0 heterocycles. The fourth-order valence-corrected chi connectivity index (χ4v) is 1.49. The maximum Gasteiger partial charge on any atom is 0.173 e. The standard InChI is InChI=1S/C11H12BrClO2/c12-8-11(14)9-2-4-10(5-3-9)15-7-1-6-13/h2-5H,1,6-8H2. The largest absolute Gasteiger partial charge is 0.494 e. The number of carbonyl (C=O) groups is 1. The van der Waals surface area contributed by atoms with Crippen LogP contribution in [0.15, 0.2) is 24.3 Å². The second-order valence-corrected chi connectivity index (χ2v) is 3.91. The summed E-state index contributed by atoms with van der Waals surface area (Å²) in [5.41, 5.74) is 0.691. The first-order chi connectivity index (χ1) is 7.27. The van der Waals surface area contributed by atoms with Crippen molar-refractivity contribution in [1.29, 1.82) is 0 Å². The van der Waals surface area contributed by atoms with Crippen LogP contribution in [-0.2, 0) is 0 Å². The Labute approximate surface area is 103 Å². The summed E-state index contributed by atoms with van der Waals surface area (Å²) in [5.74, 6) is 1.44. The lowest BCUT2D eigenvalue weighted by Gasteiger charge is -2.05. The highest BCUT2D eigenvalue weighted by Crippen LogP contribution is 2.13. The molecule has 0 fully saturated rings. The average molecular weight is 292 g/mol. The van der Waals surface area contributed by atoms with E-state index in [-0.39, 0.29) is 5.78 Å². The van der Waals surface area contributed by atoms with Gasteiger partial charge in [0.2, 0.25) is 0 Å². The van der Waals surface area contributed by atoms with Gasteiger partial charge in [-0.15, -0.1) is 11.6 Å². The Kier molecular flexibility index (Phi) is 5.73. The number of ketones is 1. The first-order valence-electron chi connectivity index (χ1n) is 4.66. The number of halogens is 2. The van der Waals surface area contributed by atoms with Crippen molar-refractivity contribution < 1.29 is 9.53 Å². The molecule has 0 radical (unpaired) electrons. The Morgan fingerprint density at radius 1 is 1.33 bits per heavy atom. The molecule has 0 aliphatic rings. The number of carbonyl (C=O) groups excluding carboxylic acids is 1. The molecule has 2 nitrogen and oxygen atoms in total. The zero-order valence-corrected chi connectivity index (χ0v) is 10.6. The molecule has 15 heavy (non-hydrogen) atoms. The lowest BCUT2D eigenvalue weighted by atomic mass is 10.1. The quantitative estimate of drug-likeness (QED) is 0.457. The second-order valence-electron chi connectivity index (χ2n) is 2.97. The third-order valence-electron chi connectivity index (χ3n) is 1.84. The Balaban J connectivity index is 2.52. The molecule has 0 N–H and O–H groups in total. The van der Waals surface area contributed by atoms with Crippen molar-refractivity contribution in [3.63, 3.8) is 0 Å². The molecule has 0 atom stereocenters. The Morgan fingerprint density at radius 2 is 2.00 bits per heavy atom. The van der Waals surface area contributed by atoms with Crippen LogP contribution in [0.5, 0.6) is 5.75 Å². The SMILES string of the molecule is O=C(CBr)c1ccc(OCCCCl)cc1. The maximum atomic E-state index is 11.3. The molecule has 0 aliphatic heterocycles. The molecule has 0 unspecified atom stereocenters. The lowest BCUT2D eigenvalue weighted by molar-refractivity contribution is 0.102. The van der Waals surface area contributed by atoms with Gasteiger partial charge in [-0.25, -0.2) is 0 Å². The van der Waals surface area contributed by atoms with Crippen LogP contribution in [0, 0.1) is 0 Å². The van der Waals surface area contributed by atoms with Gasteiger partial charge < -0.3 is 4.74 Å².